The molecule has 2 heterocycles. The standard InChI is InChI=1S/C24H30N4O2S/c1-5-27(6-2)23(30)21-16(4)25-24-28(22(21)17-9-7-8-15(3)12-17)19(14-31-24)13-20(29)26-18-10-11-18/h7-9,12,14,18,22H,5-6,10-11,13H2,1-4H3,(H,26,29). The van der Waals surface area contributed by atoms with Gasteiger partial charge in [0.2, 0.25) is 5.91 Å². The van der Waals surface area contributed by atoms with Crippen LogP contribution in [0.1, 0.15) is 57.2 Å². The number of benzene rings is 1. The molecule has 0 saturated heterocycles. The zero-order valence-electron chi connectivity index (χ0n) is 18.6. The van der Waals surface area contributed by atoms with Crippen molar-refractivity contribution in [3.8, 4) is 0 Å². The van der Waals surface area contributed by atoms with Crippen LogP contribution < -0.4 is 5.32 Å². The molecule has 164 valence electrons. The normalized spacial score (nSPS) is 20.3. The molecule has 31 heavy (non-hydrogen) atoms. The zero-order valence-corrected chi connectivity index (χ0v) is 19.5. The number of amidine groups is 1. The molecule has 6 nitrogen and oxygen atoms in total. The third-order valence-corrected chi connectivity index (χ3v) is 6.81. The molecule has 1 unspecified atom stereocenters. The number of rotatable bonds is 7. The summed E-state index contributed by atoms with van der Waals surface area (Å²) < 4.78 is 0. The first-order chi connectivity index (χ1) is 14.9. The largest absolute Gasteiger partial charge is 0.353 e. The number of hydrogen-bond donors (Lipinski definition) is 1. The van der Waals surface area contributed by atoms with Crippen LogP contribution in [0.5, 0.6) is 0 Å². The summed E-state index contributed by atoms with van der Waals surface area (Å²) in [6.07, 6.45) is 2.41. The average Bonchev–Trinajstić information content (AvgIpc) is 3.47. The number of hydrogen-bond acceptors (Lipinski definition) is 5. The molecule has 2 amide bonds. The Hall–Kier alpha value is -2.54. The van der Waals surface area contributed by atoms with Gasteiger partial charge >= 0.3 is 0 Å². The van der Waals surface area contributed by atoms with Gasteiger partial charge in [-0.15, -0.1) is 0 Å². The SMILES string of the molecule is CCN(CC)C(=O)C1=C(C)N=C2SC=C(CC(=O)NC3CC3)N2C1c1cccc(C)c1. The van der Waals surface area contributed by atoms with Crippen molar-refractivity contribution < 1.29 is 9.59 Å². The van der Waals surface area contributed by atoms with Crippen LogP contribution in [0.3, 0.4) is 0 Å². The van der Waals surface area contributed by atoms with E-state index in [9.17, 15) is 9.59 Å². The number of aliphatic imine (C=N–C) groups is 1. The molecule has 1 fully saturated rings. The lowest BCUT2D eigenvalue weighted by atomic mass is 9.92. The highest BCUT2D eigenvalue weighted by molar-refractivity contribution is 8.16. The minimum Gasteiger partial charge on any atom is -0.353 e. The highest BCUT2D eigenvalue weighted by atomic mass is 32.2. The second-order valence-corrected chi connectivity index (χ2v) is 9.14. The second kappa shape index (κ2) is 8.91. The number of thioether (sulfide) groups is 1. The Balaban J connectivity index is 1.74. The Bertz CT molecular complexity index is 989. The fourth-order valence-electron chi connectivity index (χ4n) is 4.15. The van der Waals surface area contributed by atoms with Crippen molar-refractivity contribution in [1.29, 1.82) is 0 Å². The van der Waals surface area contributed by atoms with Gasteiger partial charge in [0.15, 0.2) is 5.17 Å². The van der Waals surface area contributed by atoms with Gasteiger partial charge in [-0.1, -0.05) is 41.6 Å². The molecule has 7 heteroatoms. The lowest BCUT2D eigenvalue weighted by Crippen LogP contribution is -2.42. The molecule has 1 saturated carbocycles. The molecule has 1 aliphatic carbocycles. The highest BCUT2D eigenvalue weighted by Gasteiger charge is 2.41. The van der Waals surface area contributed by atoms with E-state index in [-0.39, 0.29) is 24.3 Å². The summed E-state index contributed by atoms with van der Waals surface area (Å²) in [6.45, 7) is 9.25. The van der Waals surface area contributed by atoms with Crippen molar-refractivity contribution >= 4 is 28.7 Å². The first kappa shape index (κ1) is 21.7. The van der Waals surface area contributed by atoms with E-state index >= 15 is 0 Å². The van der Waals surface area contributed by atoms with Crippen LogP contribution in [0.4, 0.5) is 0 Å². The van der Waals surface area contributed by atoms with Crippen LogP contribution >= 0.6 is 11.8 Å². The van der Waals surface area contributed by atoms with Crippen LogP contribution in [0.25, 0.3) is 0 Å². The molecule has 2 aliphatic heterocycles. The van der Waals surface area contributed by atoms with E-state index in [1.54, 1.807) is 0 Å². The number of nitrogens with zero attached hydrogens (tertiary/aromatic N) is 3. The summed E-state index contributed by atoms with van der Waals surface area (Å²) in [6, 6.07) is 8.30. The summed E-state index contributed by atoms with van der Waals surface area (Å²) in [5, 5.41) is 5.91. The maximum Gasteiger partial charge on any atom is 0.254 e. The number of likely N-dealkylation sites (N-methyl/N-ethyl adjacent to an activating group) is 1. The van der Waals surface area contributed by atoms with Crippen LogP contribution in [-0.2, 0) is 9.59 Å². The van der Waals surface area contributed by atoms with Crippen LogP contribution in [0.2, 0.25) is 0 Å². The van der Waals surface area contributed by atoms with Gasteiger partial charge in [-0.05, 0) is 51.5 Å². The number of carbonyl (C=O) groups is 2. The topological polar surface area (TPSA) is 65.0 Å². The van der Waals surface area contributed by atoms with Gasteiger partial charge in [-0.3, -0.25) is 9.59 Å². The Morgan fingerprint density at radius 2 is 1.97 bits per heavy atom. The molecule has 4 rings (SSSR count). The number of nitrogens with one attached hydrogen (secondary N) is 1. The molecule has 3 aliphatic rings. The smallest absolute Gasteiger partial charge is 0.254 e. The molecular weight excluding hydrogens is 408 g/mol. The Labute approximate surface area is 188 Å². The van der Waals surface area contributed by atoms with Gasteiger partial charge in [0, 0.05) is 24.8 Å². The number of aryl methyl sites for hydroxylation is 1. The van der Waals surface area contributed by atoms with Crippen LogP contribution in [0.15, 0.2) is 51.6 Å². The molecule has 0 radical (unpaired) electrons. The first-order valence-corrected chi connectivity index (χ1v) is 11.9. The third-order valence-electron chi connectivity index (χ3n) is 5.92. The fraction of sp³-hybridized carbons (Fsp3) is 0.458. The summed E-state index contributed by atoms with van der Waals surface area (Å²) in [5.74, 6) is 0.0389. The van der Waals surface area contributed by atoms with Gasteiger partial charge in [0.25, 0.3) is 5.91 Å². The monoisotopic (exact) mass is 438 g/mol. The van der Waals surface area contributed by atoms with Crippen molar-refractivity contribution in [3.05, 3.63) is 57.8 Å². The number of allylic oxidation sites excluding steroid dienone is 1. The van der Waals surface area contributed by atoms with E-state index < -0.39 is 0 Å². The zero-order chi connectivity index (χ0) is 22.1. The maximum atomic E-state index is 13.6. The number of amides is 2. The summed E-state index contributed by atoms with van der Waals surface area (Å²) in [4.78, 5) is 34.9. The van der Waals surface area contributed by atoms with Crippen molar-refractivity contribution in [2.24, 2.45) is 4.99 Å². The van der Waals surface area contributed by atoms with Crippen LogP contribution in [-0.4, -0.2) is 45.9 Å². The van der Waals surface area contributed by atoms with Gasteiger partial charge in [0.1, 0.15) is 0 Å². The summed E-state index contributed by atoms with van der Waals surface area (Å²) in [7, 11) is 0. The molecule has 1 atom stereocenters. The summed E-state index contributed by atoms with van der Waals surface area (Å²) in [5.41, 5.74) is 4.51. The van der Waals surface area contributed by atoms with Gasteiger partial charge in [-0.25, -0.2) is 4.99 Å². The Kier molecular flexibility index (Phi) is 6.23. The first-order valence-electron chi connectivity index (χ1n) is 11.0. The molecule has 1 aromatic rings. The van der Waals surface area contributed by atoms with Crippen molar-refractivity contribution in [3.63, 3.8) is 0 Å². The average molecular weight is 439 g/mol. The summed E-state index contributed by atoms with van der Waals surface area (Å²) >= 11 is 1.53. The van der Waals surface area contributed by atoms with E-state index in [0.717, 1.165) is 40.5 Å². The predicted molar refractivity (Wildman–Crippen MR) is 125 cm³/mol. The van der Waals surface area contributed by atoms with Crippen molar-refractivity contribution in [2.45, 2.75) is 59.0 Å². The van der Waals surface area contributed by atoms with E-state index in [1.165, 1.54) is 11.8 Å². The lowest BCUT2D eigenvalue weighted by Gasteiger charge is -2.38. The number of fused-ring (bicyclic) bond motifs is 1. The van der Waals surface area contributed by atoms with Gasteiger partial charge < -0.3 is 15.1 Å². The molecule has 1 N–H and O–H groups in total. The Morgan fingerprint density at radius 1 is 1.23 bits per heavy atom. The van der Waals surface area contributed by atoms with E-state index in [2.05, 4.69) is 35.3 Å². The maximum absolute atomic E-state index is 13.6. The van der Waals surface area contributed by atoms with Crippen molar-refractivity contribution in [2.75, 3.05) is 13.1 Å². The fourth-order valence-corrected chi connectivity index (χ4v) is 5.12. The minimum absolute atomic E-state index is 0.00971. The Morgan fingerprint density at radius 3 is 2.61 bits per heavy atom. The quantitative estimate of drug-likeness (QED) is 0.696. The number of carbonyl (C=O) groups excluding carboxylic acids is 2. The molecule has 0 bridgehead atoms. The molecule has 0 aromatic heterocycles. The van der Waals surface area contributed by atoms with E-state index in [0.29, 0.717) is 24.7 Å². The second-order valence-electron chi connectivity index (χ2n) is 8.30. The molecular formula is C24H30N4O2S. The molecule has 1 aromatic carbocycles. The predicted octanol–water partition coefficient (Wildman–Crippen LogP) is 4.11. The van der Waals surface area contributed by atoms with E-state index in [1.807, 2.05) is 37.1 Å². The van der Waals surface area contributed by atoms with Crippen LogP contribution in [0, 0.1) is 6.92 Å². The van der Waals surface area contributed by atoms with Gasteiger partial charge in [-0.2, -0.15) is 0 Å². The highest BCUT2D eigenvalue weighted by Crippen LogP contribution is 2.45. The van der Waals surface area contributed by atoms with Gasteiger partial charge in [0.05, 0.1) is 23.7 Å². The van der Waals surface area contributed by atoms with E-state index in [4.69, 9.17) is 4.99 Å². The third kappa shape index (κ3) is 4.42. The minimum atomic E-state index is -0.296. The van der Waals surface area contributed by atoms with Crippen molar-refractivity contribution in [1.82, 2.24) is 15.1 Å². The lowest BCUT2D eigenvalue weighted by molar-refractivity contribution is -0.127. The molecule has 0 spiro atoms.